The third-order valence-electron chi connectivity index (χ3n) is 7.24. The van der Waals surface area contributed by atoms with Crippen LogP contribution in [-0.2, 0) is 0 Å². The van der Waals surface area contributed by atoms with Crippen LogP contribution in [0.4, 0.5) is 0 Å². The molecule has 40 heavy (non-hydrogen) atoms. The topological polar surface area (TPSA) is 71.2 Å². The molecule has 0 aliphatic carbocycles. The summed E-state index contributed by atoms with van der Waals surface area (Å²) in [5.74, 6) is 0.634. The van der Waals surface area contributed by atoms with Gasteiger partial charge < -0.3 is 14.6 Å². The Morgan fingerprint density at radius 2 is 1.10 bits per heavy atom. The Labute approximate surface area is 231 Å². The minimum atomic E-state index is -1.57. The number of rotatable bonds is 5. The summed E-state index contributed by atoms with van der Waals surface area (Å²) in [6.07, 6.45) is 0. The summed E-state index contributed by atoms with van der Waals surface area (Å²) in [7, 11) is -1.57. The summed E-state index contributed by atoms with van der Waals surface area (Å²) in [6.45, 7) is 0. The van der Waals surface area contributed by atoms with E-state index >= 15 is 0 Å². The van der Waals surface area contributed by atoms with Crippen molar-refractivity contribution in [1.82, 2.24) is 14.5 Å². The zero-order chi connectivity index (χ0) is 27.1. The summed E-state index contributed by atoms with van der Waals surface area (Å²) in [6, 6.07) is 44.2. The second-order valence-electron chi connectivity index (χ2n) is 9.71. The molecule has 0 saturated heterocycles. The van der Waals surface area contributed by atoms with E-state index < -0.39 is 7.12 Å². The SMILES string of the molecule is OB(O)c1cccc2c1c1ccccc1n2-c1cccc(-c2nc(-c3ccccc3)cc(-c3ccccc3)n2)c1. The van der Waals surface area contributed by atoms with Crippen LogP contribution in [0.1, 0.15) is 0 Å². The fourth-order valence-electron chi connectivity index (χ4n) is 5.41. The van der Waals surface area contributed by atoms with E-state index in [9.17, 15) is 10.0 Å². The molecule has 0 aliphatic rings. The van der Waals surface area contributed by atoms with Crippen LogP contribution in [0.15, 0.2) is 133 Å². The van der Waals surface area contributed by atoms with Crippen LogP contribution in [0.3, 0.4) is 0 Å². The molecule has 7 rings (SSSR count). The van der Waals surface area contributed by atoms with Crippen LogP contribution < -0.4 is 5.46 Å². The molecular weight excluding hydrogens is 493 g/mol. The predicted octanol–water partition coefficient (Wildman–Crippen LogP) is 6.25. The van der Waals surface area contributed by atoms with Crippen molar-refractivity contribution in [2.24, 2.45) is 0 Å². The number of para-hydroxylation sites is 1. The van der Waals surface area contributed by atoms with Gasteiger partial charge in [-0.1, -0.05) is 103 Å². The molecule has 0 radical (unpaired) electrons. The number of aromatic nitrogens is 3. The minimum Gasteiger partial charge on any atom is -0.423 e. The number of nitrogens with zero attached hydrogens (tertiary/aromatic N) is 3. The Balaban J connectivity index is 1.45. The summed E-state index contributed by atoms with van der Waals surface area (Å²) < 4.78 is 2.15. The van der Waals surface area contributed by atoms with Gasteiger partial charge in [0.15, 0.2) is 5.82 Å². The first-order valence-electron chi connectivity index (χ1n) is 13.2. The van der Waals surface area contributed by atoms with E-state index in [-0.39, 0.29) is 0 Å². The van der Waals surface area contributed by atoms with Gasteiger partial charge >= 0.3 is 7.12 Å². The van der Waals surface area contributed by atoms with Gasteiger partial charge in [0, 0.05) is 33.2 Å². The van der Waals surface area contributed by atoms with E-state index in [1.807, 2.05) is 84.9 Å². The minimum absolute atomic E-state index is 0.481. The highest BCUT2D eigenvalue weighted by atomic mass is 16.4. The molecule has 2 heterocycles. The number of hydrogen-bond acceptors (Lipinski definition) is 4. The van der Waals surface area contributed by atoms with E-state index in [4.69, 9.17) is 9.97 Å². The molecule has 2 N–H and O–H groups in total. The lowest BCUT2D eigenvalue weighted by atomic mass is 9.77. The molecular formula is C34H24BN3O2. The molecule has 0 amide bonds. The fourth-order valence-corrected chi connectivity index (χ4v) is 5.41. The van der Waals surface area contributed by atoms with Crippen molar-refractivity contribution in [2.45, 2.75) is 0 Å². The molecule has 0 saturated carbocycles. The smallest absolute Gasteiger partial charge is 0.423 e. The van der Waals surface area contributed by atoms with Crippen molar-refractivity contribution in [3.63, 3.8) is 0 Å². The van der Waals surface area contributed by atoms with Gasteiger partial charge in [0.05, 0.1) is 22.4 Å². The Hall–Kier alpha value is -5.04. The maximum absolute atomic E-state index is 10.1. The quantitative estimate of drug-likeness (QED) is 0.265. The first-order chi connectivity index (χ1) is 19.7. The Bertz CT molecular complexity index is 1930. The highest BCUT2D eigenvalue weighted by molar-refractivity contribution is 6.63. The first-order valence-corrected chi connectivity index (χ1v) is 13.2. The lowest BCUT2D eigenvalue weighted by Crippen LogP contribution is -2.30. The number of fused-ring (bicyclic) bond motifs is 3. The van der Waals surface area contributed by atoms with Gasteiger partial charge in [-0.05, 0) is 35.8 Å². The summed E-state index contributed by atoms with van der Waals surface area (Å²) in [5, 5.41) is 22.0. The van der Waals surface area contributed by atoms with Gasteiger partial charge in [0.2, 0.25) is 0 Å². The lowest BCUT2D eigenvalue weighted by molar-refractivity contribution is 0.426. The van der Waals surface area contributed by atoms with Gasteiger partial charge in [0.25, 0.3) is 0 Å². The highest BCUT2D eigenvalue weighted by Crippen LogP contribution is 2.33. The van der Waals surface area contributed by atoms with Gasteiger partial charge in [-0.2, -0.15) is 0 Å². The average molecular weight is 517 g/mol. The zero-order valence-electron chi connectivity index (χ0n) is 21.5. The van der Waals surface area contributed by atoms with Crippen molar-refractivity contribution in [3.8, 4) is 39.6 Å². The molecule has 0 unspecified atom stereocenters. The maximum Gasteiger partial charge on any atom is 0.489 e. The van der Waals surface area contributed by atoms with Crippen LogP contribution in [0.5, 0.6) is 0 Å². The van der Waals surface area contributed by atoms with Crippen LogP contribution in [0.25, 0.3) is 61.4 Å². The highest BCUT2D eigenvalue weighted by Gasteiger charge is 2.21. The van der Waals surface area contributed by atoms with Crippen LogP contribution in [0, 0.1) is 0 Å². The predicted molar refractivity (Wildman–Crippen MR) is 163 cm³/mol. The molecule has 2 aromatic heterocycles. The molecule has 0 atom stereocenters. The van der Waals surface area contributed by atoms with Gasteiger partial charge in [-0.15, -0.1) is 0 Å². The third-order valence-corrected chi connectivity index (χ3v) is 7.24. The summed E-state index contributed by atoms with van der Waals surface area (Å²) in [5.41, 5.74) is 7.94. The van der Waals surface area contributed by atoms with Crippen molar-refractivity contribution in [2.75, 3.05) is 0 Å². The van der Waals surface area contributed by atoms with Crippen molar-refractivity contribution in [3.05, 3.63) is 133 Å². The van der Waals surface area contributed by atoms with E-state index in [2.05, 4.69) is 47.0 Å². The van der Waals surface area contributed by atoms with Crippen LogP contribution in [0.2, 0.25) is 0 Å². The largest absolute Gasteiger partial charge is 0.489 e. The molecule has 5 aromatic carbocycles. The van der Waals surface area contributed by atoms with Gasteiger partial charge in [0.1, 0.15) is 0 Å². The second kappa shape index (κ2) is 9.93. The number of benzene rings is 5. The standard InChI is InChI=1S/C34H24BN3O2/c39-35(40)28-18-10-20-32-33(28)27-17-7-8-19-31(27)38(32)26-16-9-15-25(21-26)34-36-29(23-11-3-1-4-12-23)22-30(37-34)24-13-5-2-6-14-24/h1-22,39-40H. The normalized spacial score (nSPS) is 11.2. The molecule has 0 fully saturated rings. The van der Waals surface area contributed by atoms with Gasteiger partial charge in [-0.3, -0.25) is 0 Å². The molecule has 6 heteroatoms. The third kappa shape index (κ3) is 4.16. The summed E-state index contributed by atoms with van der Waals surface area (Å²) in [4.78, 5) is 9.99. The van der Waals surface area contributed by atoms with Crippen molar-refractivity contribution >= 4 is 34.4 Å². The van der Waals surface area contributed by atoms with Gasteiger partial charge in [-0.25, -0.2) is 9.97 Å². The first kappa shape index (κ1) is 24.0. The summed E-state index contributed by atoms with van der Waals surface area (Å²) >= 11 is 0. The molecule has 5 nitrogen and oxygen atoms in total. The second-order valence-corrected chi connectivity index (χ2v) is 9.71. The molecule has 0 aliphatic heterocycles. The molecule has 0 spiro atoms. The van der Waals surface area contributed by atoms with Crippen LogP contribution >= 0.6 is 0 Å². The van der Waals surface area contributed by atoms with E-state index in [1.54, 1.807) is 6.07 Å². The molecule has 190 valence electrons. The van der Waals surface area contributed by atoms with E-state index in [1.165, 1.54) is 0 Å². The zero-order valence-corrected chi connectivity index (χ0v) is 21.5. The Kier molecular flexibility index (Phi) is 5.97. The number of hydrogen-bond donors (Lipinski definition) is 2. The molecule has 0 bridgehead atoms. The molecule has 7 aromatic rings. The monoisotopic (exact) mass is 517 g/mol. The lowest BCUT2D eigenvalue weighted by Gasteiger charge is -2.12. The van der Waals surface area contributed by atoms with E-state index in [0.717, 1.165) is 55.6 Å². The fraction of sp³-hybridized carbons (Fsp3) is 0. The van der Waals surface area contributed by atoms with Crippen molar-refractivity contribution in [1.29, 1.82) is 0 Å². The Morgan fingerprint density at radius 1 is 0.525 bits per heavy atom. The van der Waals surface area contributed by atoms with E-state index in [0.29, 0.717) is 11.3 Å². The Morgan fingerprint density at radius 3 is 1.77 bits per heavy atom. The average Bonchev–Trinajstić information content (AvgIpc) is 3.36. The van der Waals surface area contributed by atoms with Crippen molar-refractivity contribution < 1.29 is 10.0 Å². The maximum atomic E-state index is 10.1. The van der Waals surface area contributed by atoms with Crippen LogP contribution in [-0.4, -0.2) is 31.7 Å².